The maximum atomic E-state index is 12.4. The van der Waals surface area contributed by atoms with Crippen molar-refractivity contribution < 1.29 is 9.32 Å². The third-order valence-electron chi connectivity index (χ3n) is 4.02. The van der Waals surface area contributed by atoms with Crippen LogP contribution in [0.4, 0.5) is 0 Å². The molecule has 2 fully saturated rings. The monoisotopic (exact) mass is 303 g/mol. The number of carbonyl (C=O) groups excluding carboxylic acids is 1. The second kappa shape index (κ2) is 4.94. The number of carbonyl (C=O) groups is 1. The van der Waals surface area contributed by atoms with Crippen LogP contribution in [-0.4, -0.2) is 16.0 Å². The minimum absolute atomic E-state index is 0.0114. The highest BCUT2D eigenvalue weighted by molar-refractivity contribution is 7.09. The van der Waals surface area contributed by atoms with Crippen LogP contribution < -0.4 is 5.32 Å². The van der Waals surface area contributed by atoms with Gasteiger partial charge in [0.15, 0.2) is 5.69 Å². The van der Waals surface area contributed by atoms with Gasteiger partial charge < -0.3 is 9.84 Å². The first-order valence-corrected chi connectivity index (χ1v) is 8.28. The van der Waals surface area contributed by atoms with Gasteiger partial charge in [0.2, 0.25) is 0 Å². The van der Waals surface area contributed by atoms with E-state index in [1.54, 1.807) is 17.4 Å². The number of thiazole rings is 1. The number of hydrogen-bond donors (Lipinski definition) is 1. The Morgan fingerprint density at radius 1 is 1.43 bits per heavy atom. The van der Waals surface area contributed by atoms with E-state index in [1.807, 2.05) is 12.3 Å². The van der Waals surface area contributed by atoms with Crippen molar-refractivity contribution in [1.82, 2.24) is 15.5 Å². The Morgan fingerprint density at radius 3 is 2.86 bits per heavy atom. The largest absolute Gasteiger partial charge is 0.360 e. The van der Waals surface area contributed by atoms with E-state index in [4.69, 9.17) is 4.52 Å². The lowest BCUT2D eigenvalue weighted by atomic mass is 10.2. The third kappa shape index (κ3) is 2.72. The summed E-state index contributed by atoms with van der Waals surface area (Å²) in [5, 5.41) is 10.0. The molecule has 0 aliphatic heterocycles. The summed E-state index contributed by atoms with van der Waals surface area (Å²) in [5.74, 6) is 1.66. The number of aromatic nitrogens is 2. The highest BCUT2D eigenvalue weighted by Gasteiger charge is 2.36. The Hall–Kier alpha value is -1.69. The average molecular weight is 303 g/mol. The molecule has 1 N–H and O–H groups in total. The molecular formula is C15H17N3O2S. The van der Waals surface area contributed by atoms with Gasteiger partial charge in [0.25, 0.3) is 5.91 Å². The van der Waals surface area contributed by atoms with Gasteiger partial charge in [-0.15, -0.1) is 11.3 Å². The van der Waals surface area contributed by atoms with E-state index in [0.29, 0.717) is 17.5 Å². The van der Waals surface area contributed by atoms with Crippen molar-refractivity contribution in [3.8, 4) is 0 Å². The molecule has 2 aromatic heterocycles. The molecule has 5 nitrogen and oxygen atoms in total. The van der Waals surface area contributed by atoms with E-state index in [9.17, 15) is 4.79 Å². The summed E-state index contributed by atoms with van der Waals surface area (Å²) in [7, 11) is 0. The molecule has 1 atom stereocenters. The molecule has 1 amide bonds. The predicted octanol–water partition coefficient (Wildman–Crippen LogP) is 3.20. The Labute approximate surface area is 126 Å². The lowest BCUT2D eigenvalue weighted by molar-refractivity contribution is 0.0922. The van der Waals surface area contributed by atoms with E-state index < -0.39 is 0 Å². The van der Waals surface area contributed by atoms with Crippen molar-refractivity contribution in [3.63, 3.8) is 0 Å². The molecule has 0 saturated heterocycles. The summed E-state index contributed by atoms with van der Waals surface area (Å²) >= 11 is 1.61. The zero-order chi connectivity index (χ0) is 14.4. The van der Waals surface area contributed by atoms with Crippen LogP contribution in [0.15, 0.2) is 16.0 Å². The second-order valence-corrected chi connectivity index (χ2v) is 6.89. The van der Waals surface area contributed by atoms with Gasteiger partial charge in [0.05, 0.1) is 6.04 Å². The molecule has 2 heterocycles. The third-order valence-corrected chi connectivity index (χ3v) is 5.07. The quantitative estimate of drug-likeness (QED) is 0.921. The molecule has 2 saturated carbocycles. The molecule has 110 valence electrons. The van der Waals surface area contributed by atoms with E-state index in [2.05, 4.69) is 15.5 Å². The standard InChI is InChI=1S/C15H17N3O2S/c1-8-7-21-15(16-8)13(10-4-5-10)17-14(19)11-6-12(20-18-11)9-2-3-9/h6-7,9-10,13H,2-5H2,1H3,(H,17,19)/t13-/m0/s1. The predicted molar refractivity (Wildman–Crippen MR) is 78.3 cm³/mol. The van der Waals surface area contributed by atoms with Crippen LogP contribution in [0.25, 0.3) is 0 Å². The summed E-state index contributed by atoms with van der Waals surface area (Å²) in [6.07, 6.45) is 4.57. The Balaban J connectivity index is 1.50. The first kappa shape index (κ1) is 13.0. The molecule has 4 rings (SSSR count). The number of rotatable bonds is 5. The van der Waals surface area contributed by atoms with Crippen LogP contribution in [0.3, 0.4) is 0 Å². The molecule has 2 aliphatic rings. The number of hydrogen-bond acceptors (Lipinski definition) is 5. The van der Waals surface area contributed by atoms with Crippen molar-refractivity contribution in [1.29, 1.82) is 0 Å². The molecular weight excluding hydrogens is 286 g/mol. The summed E-state index contributed by atoms with van der Waals surface area (Å²) < 4.78 is 5.25. The second-order valence-electron chi connectivity index (χ2n) is 6.00. The molecule has 6 heteroatoms. The molecule has 2 aliphatic carbocycles. The topological polar surface area (TPSA) is 68.0 Å². The lowest BCUT2D eigenvalue weighted by Crippen LogP contribution is -2.30. The summed E-state index contributed by atoms with van der Waals surface area (Å²) in [4.78, 5) is 16.9. The van der Waals surface area contributed by atoms with Crippen molar-refractivity contribution >= 4 is 17.2 Å². The fourth-order valence-electron chi connectivity index (χ4n) is 2.50. The Bertz CT molecular complexity index is 670. The van der Waals surface area contributed by atoms with Gasteiger partial charge in [0, 0.05) is 23.1 Å². The Kier molecular flexibility index (Phi) is 3.06. The van der Waals surface area contributed by atoms with Gasteiger partial charge in [-0.3, -0.25) is 4.79 Å². The summed E-state index contributed by atoms with van der Waals surface area (Å²) in [5.41, 5.74) is 1.39. The fourth-order valence-corrected chi connectivity index (χ4v) is 3.44. The van der Waals surface area contributed by atoms with E-state index in [-0.39, 0.29) is 11.9 Å². The first-order valence-electron chi connectivity index (χ1n) is 7.40. The average Bonchev–Trinajstić information content (AvgIpc) is 3.40. The highest BCUT2D eigenvalue weighted by Crippen LogP contribution is 2.42. The van der Waals surface area contributed by atoms with Crippen molar-refractivity contribution in [2.45, 2.75) is 44.6 Å². The molecule has 0 spiro atoms. The van der Waals surface area contributed by atoms with Crippen LogP contribution in [0.1, 0.15) is 64.6 Å². The molecule has 0 aromatic carbocycles. The Morgan fingerprint density at radius 2 is 2.24 bits per heavy atom. The van der Waals surface area contributed by atoms with Crippen molar-refractivity contribution in [2.24, 2.45) is 5.92 Å². The van der Waals surface area contributed by atoms with Gasteiger partial charge >= 0.3 is 0 Å². The molecule has 0 unspecified atom stereocenters. The maximum absolute atomic E-state index is 12.4. The van der Waals surface area contributed by atoms with Gasteiger partial charge in [-0.25, -0.2) is 4.98 Å². The van der Waals surface area contributed by atoms with Crippen molar-refractivity contribution in [2.75, 3.05) is 0 Å². The minimum Gasteiger partial charge on any atom is -0.360 e. The summed E-state index contributed by atoms with van der Waals surface area (Å²) in [6, 6.07) is 1.79. The van der Waals surface area contributed by atoms with Crippen LogP contribution in [0.2, 0.25) is 0 Å². The van der Waals surface area contributed by atoms with E-state index in [0.717, 1.165) is 42.1 Å². The number of aryl methyl sites for hydroxylation is 1. The SMILES string of the molecule is Cc1csc([C@@H](NC(=O)c2cc(C3CC3)on2)C2CC2)n1. The van der Waals surface area contributed by atoms with E-state index >= 15 is 0 Å². The van der Waals surface area contributed by atoms with Gasteiger partial charge in [-0.05, 0) is 38.5 Å². The normalized spacial score (nSPS) is 19.5. The lowest BCUT2D eigenvalue weighted by Gasteiger charge is -2.14. The van der Waals surface area contributed by atoms with Crippen molar-refractivity contribution in [3.05, 3.63) is 33.6 Å². The maximum Gasteiger partial charge on any atom is 0.274 e. The summed E-state index contributed by atoms with van der Waals surface area (Å²) in [6.45, 7) is 1.98. The van der Waals surface area contributed by atoms with Gasteiger partial charge in [-0.1, -0.05) is 5.16 Å². The smallest absolute Gasteiger partial charge is 0.274 e. The zero-order valence-electron chi connectivity index (χ0n) is 11.8. The molecule has 0 bridgehead atoms. The highest BCUT2D eigenvalue weighted by atomic mass is 32.1. The van der Waals surface area contributed by atoms with Gasteiger partial charge in [0.1, 0.15) is 10.8 Å². The first-order chi connectivity index (χ1) is 10.2. The number of nitrogens with zero attached hydrogens (tertiary/aromatic N) is 2. The molecule has 21 heavy (non-hydrogen) atoms. The van der Waals surface area contributed by atoms with Crippen LogP contribution in [-0.2, 0) is 0 Å². The molecule has 2 aromatic rings. The van der Waals surface area contributed by atoms with Crippen LogP contribution in [0.5, 0.6) is 0 Å². The number of nitrogens with one attached hydrogen (secondary N) is 1. The van der Waals surface area contributed by atoms with Gasteiger partial charge in [-0.2, -0.15) is 0 Å². The zero-order valence-corrected chi connectivity index (χ0v) is 12.7. The number of amides is 1. The molecule has 0 radical (unpaired) electrons. The van der Waals surface area contributed by atoms with Crippen LogP contribution in [0, 0.1) is 12.8 Å². The minimum atomic E-state index is -0.157. The van der Waals surface area contributed by atoms with Crippen LogP contribution >= 0.6 is 11.3 Å². The van der Waals surface area contributed by atoms with E-state index in [1.165, 1.54) is 0 Å². The fraction of sp³-hybridized carbons (Fsp3) is 0.533.